The van der Waals surface area contributed by atoms with Gasteiger partial charge in [0, 0.05) is 55.8 Å². The van der Waals surface area contributed by atoms with Gasteiger partial charge in [0.25, 0.3) is 5.91 Å². The van der Waals surface area contributed by atoms with E-state index < -0.39 is 17.6 Å². The minimum Gasteiger partial charge on any atom is -0.494 e. The zero-order chi connectivity index (χ0) is 34.4. The van der Waals surface area contributed by atoms with Gasteiger partial charge in [0.15, 0.2) is 0 Å². The third kappa shape index (κ3) is 6.64. The number of rotatable bonds is 7. The third-order valence-corrected chi connectivity index (χ3v) is 10.3. The van der Waals surface area contributed by atoms with Crippen molar-refractivity contribution in [3.63, 3.8) is 0 Å². The highest BCUT2D eigenvalue weighted by molar-refractivity contribution is 7.80. The fourth-order valence-electron chi connectivity index (χ4n) is 7.10. The normalized spacial score (nSPS) is 20.8. The Morgan fingerprint density at radius 3 is 2.59 bits per heavy atom. The van der Waals surface area contributed by atoms with Gasteiger partial charge in [0.1, 0.15) is 5.75 Å². The highest BCUT2D eigenvalue weighted by atomic mass is 32.1. The summed E-state index contributed by atoms with van der Waals surface area (Å²) in [4.78, 5) is 41.7. The number of methoxy groups -OCH3 is 1. The molecule has 3 amide bonds. The number of thiol groups is 1. The molecule has 2 saturated heterocycles. The molecule has 14 heteroatoms. The van der Waals surface area contributed by atoms with Crippen molar-refractivity contribution in [1.29, 1.82) is 0 Å². The zero-order valence-corrected chi connectivity index (χ0v) is 27.6. The minimum atomic E-state index is -4.56. The number of likely N-dealkylation sites (tertiary alicyclic amines) is 1. The number of aromatic nitrogens is 2. The smallest absolute Gasteiger partial charge is 0.416 e. The van der Waals surface area contributed by atoms with Crippen LogP contribution >= 0.6 is 12.6 Å². The Morgan fingerprint density at radius 1 is 1.08 bits per heavy atom. The van der Waals surface area contributed by atoms with Crippen molar-refractivity contribution in [2.45, 2.75) is 62.4 Å². The number of hydrogen-bond donors (Lipinski definition) is 3. The van der Waals surface area contributed by atoms with E-state index in [0.717, 1.165) is 55.6 Å². The fraction of sp³-hybridized carbons (Fsp3) is 0.371. The van der Waals surface area contributed by atoms with Gasteiger partial charge in [0.05, 0.1) is 41.3 Å². The lowest BCUT2D eigenvalue weighted by molar-refractivity contribution is -0.138. The molecule has 3 aliphatic heterocycles. The second-order valence-corrected chi connectivity index (χ2v) is 13.2. The van der Waals surface area contributed by atoms with Crippen LogP contribution in [0.1, 0.15) is 69.7 Å². The molecule has 3 aliphatic rings. The predicted octanol–water partition coefficient (Wildman–Crippen LogP) is 5.70. The highest BCUT2D eigenvalue weighted by Gasteiger charge is 2.40. The number of nitrogens with zero attached hydrogens (tertiary/aromatic N) is 4. The van der Waals surface area contributed by atoms with Crippen LogP contribution in [0, 0.1) is 0 Å². The molecule has 4 heterocycles. The molecule has 2 N–H and O–H groups in total. The number of carbonyl (C=O) groups is 3. The van der Waals surface area contributed by atoms with E-state index in [0.29, 0.717) is 36.3 Å². The van der Waals surface area contributed by atoms with E-state index in [9.17, 15) is 27.6 Å². The third-order valence-electron chi connectivity index (χ3n) is 9.72. The molecule has 256 valence electrons. The Labute approximate surface area is 286 Å². The Hall–Kier alpha value is -4.40. The summed E-state index contributed by atoms with van der Waals surface area (Å²) in [5.74, 6) is -0.817. The van der Waals surface area contributed by atoms with Gasteiger partial charge in [-0.05, 0) is 60.2 Å². The van der Waals surface area contributed by atoms with Crippen LogP contribution in [0.4, 0.5) is 18.9 Å². The summed E-state index contributed by atoms with van der Waals surface area (Å²) in [5.41, 5.74) is 3.51. The largest absolute Gasteiger partial charge is 0.494 e. The summed E-state index contributed by atoms with van der Waals surface area (Å²) >= 11 is 4.86. The van der Waals surface area contributed by atoms with E-state index in [2.05, 4.69) is 32.6 Å². The molecule has 0 spiro atoms. The van der Waals surface area contributed by atoms with Gasteiger partial charge in [-0.15, -0.1) is 0 Å². The van der Waals surface area contributed by atoms with E-state index in [1.54, 1.807) is 12.1 Å². The van der Waals surface area contributed by atoms with Crippen LogP contribution < -0.4 is 15.4 Å². The first kappa shape index (κ1) is 33.1. The second kappa shape index (κ2) is 13.1. The standard InChI is InChI=1S/C35H35F3N6O4S/c1-48-30-16-27-22(15-28(30)39-32(46)20-4-2-6-23(14-20)35(36,37)38)18-44(41-27)24-10-12-42(13-11-24)17-21-5-3-7-25-26(21)19-43(34(25)49)29-8-9-31(45)40-33(29)47/h2-7,14-16,18,24,29,34,49H,8-13,17,19H2,1H3,(H,39,46)(H,40,45,47). The van der Waals surface area contributed by atoms with Crippen molar-refractivity contribution in [1.82, 2.24) is 24.9 Å². The van der Waals surface area contributed by atoms with Crippen molar-refractivity contribution < 1.29 is 32.3 Å². The average Bonchev–Trinajstić information content (AvgIpc) is 3.65. The maximum Gasteiger partial charge on any atom is 0.416 e. The molecule has 0 radical (unpaired) electrons. The number of nitrogens with one attached hydrogen (secondary N) is 2. The number of piperidine rings is 2. The molecule has 3 aromatic carbocycles. The van der Waals surface area contributed by atoms with Gasteiger partial charge < -0.3 is 10.1 Å². The average molecular weight is 693 g/mol. The SMILES string of the molecule is COc1cc2nn(C3CCN(Cc4cccc5c4CN(C4CCC(=O)NC4=O)C5S)CC3)cc2cc1NC(=O)c1cccc(C(F)(F)F)c1. The molecule has 0 bridgehead atoms. The summed E-state index contributed by atoms with van der Waals surface area (Å²) in [6.45, 7) is 3.08. The number of carbonyl (C=O) groups excluding carboxylic acids is 3. The topological polar surface area (TPSA) is 109 Å². The first-order valence-electron chi connectivity index (χ1n) is 16.1. The van der Waals surface area contributed by atoms with Gasteiger partial charge in [-0.25, -0.2) is 0 Å². The quantitative estimate of drug-likeness (QED) is 0.169. The predicted molar refractivity (Wildman–Crippen MR) is 179 cm³/mol. The summed E-state index contributed by atoms with van der Waals surface area (Å²) in [6.07, 6.45) is -0.0742. The molecule has 7 rings (SSSR count). The van der Waals surface area contributed by atoms with Crippen LogP contribution in [0.2, 0.25) is 0 Å². The maximum atomic E-state index is 13.2. The van der Waals surface area contributed by atoms with E-state index in [4.69, 9.17) is 22.5 Å². The van der Waals surface area contributed by atoms with Gasteiger partial charge in [-0.2, -0.15) is 30.9 Å². The van der Waals surface area contributed by atoms with Crippen LogP contribution in [0.5, 0.6) is 5.75 Å². The number of alkyl halides is 3. The van der Waals surface area contributed by atoms with Crippen molar-refractivity contribution in [2.24, 2.45) is 0 Å². The molecule has 10 nitrogen and oxygen atoms in total. The fourth-order valence-corrected chi connectivity index (χ4v) is 7.59. The van der Waals surface area contributed by atoms with Gasteiger partial charge >= 0.3 is 6.18 Å². The second-order valence-electron chi connectivity index (χ2n) is 12.8. The molecule has 4 aromatic rings. The number of amides is 3. The molecule has 2 fully saturated rings. The van der Waals surface area contributed by atoms with Gasteiger partial charge in [-0.1, -0.05) is 24.3 Å². The Morgan fingerprint density at radius 2 is 1.86 bits per heavy atom. The highest BCUT2D eigenvalue weighted by Crippen LogP contribution is 2.41. The van der Waals surface area contributed by atoms with E-state index in [1.165, 1.54) is 30.4 Å². The number of anilines is 1. The summed E-state index contributed by atoms with van der Waals surface area (Å²) in [7, 11) is 1.46. The first-order valence-corrected chi connectivity index (χ1v) is 16.7. The van der Waals surface area contributed by atoms with Crippen molar-refractivity contribution in [2.75, 3.05) is 25.5 Å². The number of hydrogen-bond acceptors (Lipinski definition) is 8. The first-order chi connectivity index (χ1) is 23.5. The van der Waals surface area contributed by atoms with Crippen molar-refractivity contribution in [3.8, 4) is 5.75 Å². The number of halogens is 3. The summed E-state index contributed by atoms with van der Waals surface area (Å²) in [5, 5.41) is 10.5. The maximum absolute atomic E-state index is 13.2. The molecule has 2 unspecified atom stereocenters. The summed E-state index contributed by atoms with van der Waals surface area (Å²) < 4.78 is 47.0. The lowest BCUT2D eigenvalue weighted by Crippen LogP contribution is -2.51. The molecule has 0 saturated carbocycles. The van der Waals surface area contributed by atoms with Gasteiger partial charge in [0.2, 0.25) is 11.8 Å². The van der Waals surface area contributed by atoms with Crippen LogP contribution in [0.15, 0.2) is 60.8 Å². The number of fused-ring (bicyclic) bond motifs is 2. The Kier molecular flexibility index (Phi) is 8.88. The molecular formula is C35H35F3N6O4S. The van der Waals surface area contributed by atoms with E-state index in [-0.39, 0.29) is 34.8 Å². The number of imide groups is 1. The van der Waals surface area contributed by atoms with Gasteiger partial charge in [-0.3, -0.25) is 34.2 Å². The molecule has 49 heavy (non-hydrogen) atoms. The van der Waals surface area contributed by atoms with Crippen LogP contribution in [0.3, 0.4) is 0 Å². The number of benzene rings is 3. The summed E-state index contributed by atoms with van der Waals surface area (Å²) in [6, 6.07) is 13.7. The molecule has 1 aromatic heterocycles. The van der Waals surface area contributed by atoms with Crippen LogP contribution in [-0.4, -0.2) is 63.5 Å². The van der Waals surface area contributed by atoms with E-state index in [1.807, 2.05) is 16.9 Å². The molecule has 0 aliphatic carbocycles. The molecule has 2 atom stereocenters. The van der Waals surface area contributed by atoms with Crippen molar-refractivity contribution in [3.05, 3.63) is 88.6 Å². The van der Waals surface area contributed by atoms with Crippen molar-refractivity contribution >= 4 is 46.9 Å². The lowest BCUT2D eigenvalue weighted by atomic mass is 10.0. The minimum absolute atomic E-state index is 0.114. The Balaban J connectivity index is 1.01. The molecular weight excluding hydrogens is 657 g/mol. The monoisotopic (exact) mass is 692 g/mol. The van der Waals surface area contributed by atoms with E-state index >= 15 is 0 Å². The Bertz CT molecular complexity index is 1940. The van der Waals surface area contributed by atoms with Crippen LogP contribution in [-0.2, 0) is 28.9 Å². The zero-order valence-electron chi connectivity index (χ0n) is 26.7. The van der Waals surface area contributed by atoms with Crippen LogP contribution in [0.25, 0.3) is 10.9 Å². The number of ether oxygens (including phenoxy) is 1. The lowest BCUT2D eigenvalue weighted by Gasteiger charge is -2.33.